The lowest BCUT2D eigenvalue weighted by atomic mass is 9.98. The number of hydrogen-bond donors (Lipinski definition) is 1. The van der Waals surface area contributed by atoms with Crippen LogP contribution in [0.1, 0.15) is 30.9 Å². The van der Waals surface area contributed by atoms with Crippen LogP contribution < -0.4 is 14.0 Å². The van der Waals surface area contributed by atoms with E-state index in [0.717, 1.165) is 77.5 Å². The minimum Gasteiger partial charge on any atom is -0.492 e. The molecule has 5 aromatic rings. The van der Waals surface area contributed by atoms with Gasteiger partial charge in [-0.3, -0.25) is 14.8 Å². The Hall–Kier alpha value is -4.08. The van der Waals surface area contributed by atoms with Crippen molar-refractivity contribution >= 4 is 33.3 Å². The van der Waals surface area contributed by atoms with Crippen LogP contribution in [-0.2, 0) is 0 Å². The summed E-state index contributed by atoms with van der Waals surface area (Å²) in [4.78, 5) is 8.46. The zero-order valence-corrected chi connectivity index (χ0v) is 21.4. The number of nitrogens with zero attached hydrogens (tertiary/aromatic N) is 4. The predicted molar refractivity (Wildman–Crippen MR) is 148 cm³/mol. The molecule has 1 fully saturated rings. The van der Waals surface area contributed by atoms with Crippen LogP contribution in [0.3, 0.4) is 0 Å². The summed E-state index contributed by atoms with van der Waals surface area (Å²) < 4.78 is 8.44. The molecule has 186 valence electrons. The Bertz CT molecular complexity index is 1620. The zero-order chi connectivity index (χ0) is 25.4. The van der Waals surface area contributed by atoms with E-state index in [9.17, 15) is 5.26 Å². The highest BCUT2D eigenvalue weighted by Gasteiger charge is 2.29. The first-order valence-electron chi connectivity index (χ1n) is 13.1. The summed E-state index contributed by atoms with van der Waals surface area (Å²) in [6.45, 7) is 9.69. The highest BCUT2D eigenvalue weighted by atomic mass is 16.5. The molecule has 0 radical (unpaired) electrons. The van der Waals surface area contributed by atoms with Gasteiger partial charge in [0.05, 0.1) is 13.1 Å². The third kappa shape index (κ3) is 4.26. The summed E-state index contributed by atoms with van der Waals surface area (Å²) in [6, 6.07) is 27.6. The van der Waals surface area contributed by atoms with Crippen molar-refractivity contribution in [2.75, 3.05) is 44.2 Å². The minimum atomic E-state index is 0.261. The molecule has 0 spiro atoms. The zero-order valence-electron chi connectivity index (χ0n) is 21.4. The van der Waals surface area contributed by atoms with E-state index in [2.05, 4.69) is 106 Å². The molecule has 1 aliphatic heterocycles. The Balaban J connectivity index is 1.20. The van der Waals surface area contributed by atoms with Crippen molar-refractivity contribution in [3.05, 3.63) is 83.9 Å². The lowest BCUT2D eigenvalue weighted by molar-refractivity contribution is -0.467. The number of nitrogens with one attached hydrogen (secondary N) is 1. The van der Waals surface area contributed by atoms with E-state index in [0.29, 0.717) is 6.61 Å². The van der Waals surface area contributed by atoms with E-state index in [1.165, 1.54) is 5.39 Å². The SMILES string of the molecule is CC(C)c1cc(N2CCN(CCOc3cccc4ccccc34)CC2)[n+]2c([nH]c3ccccc32)c1C#N. The second-order valence-corrected chi connectivity index (χ2v) is 10.1. The van der Waals surface area contributed by atoms with Gasteiger partial charge in [0.15, 0.2) is 0 Å². The van der Waals surface area contributed by atoms with Gasteiger partial charge in [0.2, 0.25) is 11.5 Å². The molecule has 3 heterocycles. The number of aromatic nitrogens is 2. The number of anilines is 1. The average Bonchev–Trinajstić information content (AvgIpc) is 3.32. The van der Waals surface area contributed by atoms with Gasteiger partial charge in [-0.15, -0.1) is 0 Å². The van der Waals surface area contributed by atoms with E-state index in [4.69, 9.17) is 4.74 Å². The van der Waals surface area contributed by atoms with Crippen molar-refractivity contribution in [1.82, 2.24) is 9.88 Å². The molecule has 0 unspecified atom stereocenters. The molecule has 0 aliphatic carbocycles. The molecule has 1 N–H and O–H groups in total. The normalized spacial score (nSPS) is 14.6. The Morgan fingerprint density at radius 1 is 0.973 bits per heavy atom. The van der Waals surface area contributed by atoms with Gasteiger partial charge in [-0.05, 0) is 35.1 Å². The van der Waals surface area contributed by atoms with Gasteiger partial charge in [-0.2, -0.15) is 9.66 Å². The van der Waals surface area contributed by atoms with Gasteiger partial charge < -0.3 is 4.74 Å². The summed E-state index contributed by atoms with van der Waals surface area (Å²) in [7, 11) is 0. The molecule has 6 heteroatoms. The summed E-state index contributed by atoms with van der Waals surface area (Å²) in [5, 5.41) is 12.4. The second-order valence-electron chi connectivity index (χ2n) is 10.1. The van der Waals surface area contributed by atoms with Gasteiger partial charge in [0.25, 0.3) is 0 Å². The van der Waals surface area contributed by atoms with E-state index in [1.807, 2.05) is 6.07 Å². The van der Waals surface area contributed by atoms with Gasteiger partial charge in [-0.1, -0.05) is 62.4 Å². The molecule has 6 nitrogen and oxygen atoms in total. The van der Waals surface area contributed by atoms with Crippen LogP contribution in [0.15, 0.2) is 72.8 Å². The smallest absolute Gasteiger partial charge is 0.250 e. The number of H-pyrrole nitrogens is 1. The quantitative estimate of drug-likeness (QED) is 0.330. The molecule has 0 saturated carbocycles. The van der Waals surface area contributed by atoms with Gasteiger partial charge >= 0.3 is 0 Å². The fourth-order valence-electron chi connectivity index (χ4n) is 5.52. The fraction of sp³-hybridized carbons (Fsp3) is 0.290. The molecule has 6 rings (SSSR count). The Morgan fingerprint density at radius 2 is 1.73 bits per heavy atom. The number of fused-ring (bicyclic) bond motifs is 4. The molecule has 1 saturated heterocycles. The number of aromatic amines is 1. The molecule has 1 aliphatic rings. The van der Waals surface area contributed by atoms with Crippen LogP contribution in [-0.4, -0.2) is 49.2 Å². The molecular formula is C31H32N5O+. The number of nitriles is 1. The molecule has 37 heavy (non-hydrogen) atoms. The van der Waals surface area contributed by atoms with Crippen molar-refractivity contribution in [1.29, 1.82) is 5.26 Å². The third-order valence-electron chi connectivity index (χ3n) is 7.51. The number of rotatable bonds is 6. The number of ether oxygens (including phenoxy) is 1. The van der Waals surface area contributed by atoms with E-state index in [1.54, 1.807) is 0 Å². The first-order chi connectivity index (χ1) is 18.1. The van der Waals surface area contributed by atoms with E-state index >= 15 is 0 Å². The maximum Gasteiger partial charge on any atom is 0.250 e. The molecule has 0 amide bonds. The van der Waals surface area contributed by atoms with Crippen LogP contribution in [0.5, 0.6) is 5.75 Å². The van der Waals surface area contributed by atoms with Crippen LogP contribution in [0, 0.1) is 11.3 Å². The first-order valence-corrected chi connectivity index (χ1v) is 13.1. The maximum atomic E-state index is 10.0. The number of piperazine rings is 1. The van der Waals surface area contributed by atoms with Crippen molar-refractivity contribution in [3.8, 4) is 11.8 Å². The maximum absolute atomic E-state index is 10.0. The van der Waals surface area contributed by atoms with Gasteiger partial charge in [0, 0.05) is 31.1 Å². The van der Waals surface area contributed by atoms with Crippen LogP contribution in [0.2, 0.25) is 0 Å². The highest BCUT2D eigenvalue weighted by molar-refractivity contribution is 5.88. The number of hydrogen-bond acceptors (Lipinski definition) is 4. The minimum absolute atomic E-state index is 0.261. The number of benzene rings is 3. The van der Waals surface area contributed by atoms with Gasteiger partial charge in [0.1, 0.15) is 35.0 Å². The molecule has 3 aromatic carbocycles. The van der Waals surface area contributed by atoms with Crippen molar-refractivity contribution in [3.63, 3.8) is 0 Å². The lowest BCUT2D eigenvalue weighted by Gasteiger charge is -2.33. The second kappa shape index (κ2) is 9.76. The van der Waals surface area contributed by atoms with Crippen molar-refractivity contribution < 1.29 is 9.14 Å². The summed E-state index contributed by atoms with van der Waals surface area (Å²) in [5.41, 5.74) is 4.86. The monoisotopic (exact) mass is 490 g/mol. The van der Waals surface area contributed by atoms with E-state index < -0.39 is 0 Å². The van der Waals surface area contributed by atoms with Crippen molar-refractivity contribution in [2.24, 2.45) is 0 Å². The Labute approximate surface area is 217 Å². The van der Waals surface area contributed by atoms with E-state index in [-0.39, 0.29) is 5.92 Å². The van der Waals surface area contributed by atoms with Crippen molar-refractivity contribution in [2.45, 2.75) is 19.8 Å². The summed E-state index contributed by atoms with van der Waals surface area (Å²) in [6.07, 6.45) is 0. The lowest BCUT2D eigenvalue weighted by Crippen LogP contribution is -2.50. The predicted octanol–water partition coefficient (Wildman–Crippen LogP) is 5.26. The largest absolute Gasteiger partial charge is 0.492 e. The first kappa shape index (κ1) is 23.3. The fourth-order valence-corrected chi connectivity index (χ4v) is 5.52. The summed E-state index contributed by atoms with van der Waals surface area (Å²) >= 11 is 0. The number of imidazole rings is 1. The van der Waals surface area contributed by atoms with Crippen LogP contribution in [0.4, 0.5) is 5.82 Å². The summed E-state index contributed by atoms with van der Waals surface area (Å²) in [5.74, 6) is 2.37. The average molecular weight is 491 g/mol. The number of pyridine rings is 1. The number of para-hydroxylation sites is 2. The molecule has 0 atom stereocenters. The highest BCUT2D eigenvalue weighted by Crippen LogP contribution is 2.28. The Kier molecular flexibility index (Phi) is 6.15. The molecule has 0 bridgehead atoms. The van der Waals surface area contributed by atoms with Gasteiger partial charge in [-0.25, -0.2) is 0 Å². The Morgan fingerprint density at radius 3 is 2.54 bits per heavy atom. The molecule has 2 aromatic heterocycles. The molecular weight excluding hydrogens is 458 g/mol. The topological polar surface area (TPSA) is 59.4 Å². The third-order valence-corrected chi connectivity index (χ3v) is 7.51. The standard InChI is InChI=1S/C31H31N5O/c1-22(2)25-20-30(36-28-12-6-5-11-27(28)33-31(36)26(25)21-32)35-16-14-34(15-17-35)18-19-37-29-13-7-9-23-8-3-4-10-24(23)29/h3-13,20,22H,14-19H2,1-2H3/p+1. The van der Waals surface area contributed by atoms with Crippen LogP contribution in [0.25, 0.3) is 27.5 Å². The van der Waals surface area contributed by atoms with Crippen LogP contribution >= 0.6 is 0 Å².